The van der Waals surface area contributed by atoms with Crippen molar-refractivity contribution in [1.82, 2.24) is 0 Å². The topological polar surface area (TPSA) is 0 Å². The molecule has 2 atom stereocenters. The van der Waals surface area contributed by atoms with Crippen molar-refractivity contribution in [3.63, 3.8) is 0 Å². The zero-order valence-electron chi connectivity index (χ0n) is 29.4. The SMILES string of the molecule is CC1=Cc2c(-c3ccccc3C)ccc(C)c2[CH]1[Zr]([CH3])([CH3])(=[SiH2])[CH]1C(C(C)C)=Cc2c(-c3ccc(C(C)(C)C)cc3)cccc21.Cl.Cl. The first-order valence-electron chi connectivity index (χ1n) is 16.5. The Morgan fingerprint density at radius 1 is 0.652 bits per heavy atom. The van der Waals surface area contributed by atoms with Gasteiger partial charge in [0, 0.05) is 0 Å². The van der Waals surface area contributed by atoms with Gasteiger partial charge in [0.25, 0.3) is 0 Å². The van der Waals surface area contributed by atoms with Crippen molar-refractivity contribution in [3.8, 4) is 22.3 Å². The van der Waals surface area contributed by atoms with Crippen LogP contribution in [0.4, 0.5) is 0 Å². The number of benzene rings is 4. The van der Waals surface area contributed by atoms with Crippen LogP contribution in [0.25, 0.3) is 34.4 Å². The van der Waals surface area contributed by atoms with E-state index in [-0.39, 0.29) is 30.2 Å². The molecular weight excluding hydrogens is 695 g/mol. The number of fused-ring (bicyclic) bond motifs is 2. The van der Waals surface area contributed by atoms with E-state index in [1.807, 2.05) is 0 Å². The van der Waals surface area contributed by atoms with Gasteiger partial charge in [-0.3, -0.25) is 0 Å². The maximum Gasteiger partial charge on any atom is -0.147 e. The molecule has 2 aliphatic carbocycles. The van der Waals surface area contributed by atoms with Gasteiger partial charge < -0.3 is 0 Å². The van der Waals surface area contributed by atoms with Crippen molar-refractivity contribution in [1.29, 1.82) is 0 Å². The summed E-state index contributed by atoms with van der Waals surface area (Å²) in [5, 5.41) is 0. The maximum atomic E-state index is 2.78. The fraction of sp³-hybridized carbons (Fsp3) is 0.333. The number of rotatable bonds is 5. The zero-order chi connectivity index (χ0) is 31.8. The first-order valence-corrected chi connectivity index (χ1v) is 30.2. The molecular formula is C42H52Cl2SiZr. The van der Waals surface area contributed by atoms with Crippen molar-refractivity contribution in [2.75, 3.05) is 0 Å². The van der Waals surface area contributed by atoms with Crippen LogP contribution in [0, 0.1) is 19.8 Å². The largest absolute Gasteiger partial charge is 0.147 e. The van der Waals surface area contributed by atoms with Crippen LogP contribution in [0.5, 0.6) is 0 Å². The molecule has 2 unspecified atom stereocenters. The quantitative estimate of drug-likeness (QED) is 0.178. The zero-order valence-corrected chi connectivity index (χ0v) is 34.9. The first-order chi connectivity index (χ1) is 20.6. The molecule has 0 aromatic heterocycles. The molecule has 0 saturated carbocycles. The predicted molar refractivity (Wildman–Crippen MR) is 209 cm³/mol. The molecule has 0 amide bonds. The molecule has 2 aliphatic rings. The molecule has 6 rings (SSSR count). The number of hydrogen-bond acceptors (Lipinski definition) is 0. The van der Waals surface area contributed by atoms with Gasteiger partial charge >= 0.3 is 271 Å². The summed E-state index contributed by atoms with van der Waals surface area (Å²) in [6.45, 7) is 21.2. The fourth-order valence-corrected chi connectivity index (χ4v) is 29.3. The summed E-state index contributed by atoms with van der Waals surface area (Å²) in [4.78, 5) is 0. The monoisotopic (exact) mass is 744 g/mol. The smallest absolute Gasteiger partial charge is 0.147 e. The number of aryl methyl sites for hydroxylation is 2. The van der Waals surface area contributed by atoms with Gasteiger partial charge in [-0.05, 0) is 0 Å². The van der Waals surface area contributed by atoms with E-state index in [0.29, 0.717) is 13.2 Å². The minimum Gasteiger partial charge on any atom is -0.147 e. The van der Waals surface area contributed by atoms with Crippen LogP contribution in [0.3, 0.4) is 0 Å². The molecule has 4 aromatic rings. The van der Waals surface area contributed by atoms with Gasteiger partial charge in [-0.2, -0.15) is 0 Å². The van der Waals surface area contributed by atoms with E-state index in [1.165, 1.54) is 50.1 Å². The summed E-state index contributed by atoms with van der Waals surface area (Å²) in [5.74, 6) is 0.505. The van der Waals surface area contributed by atoms with E-state index in [1.54, 1.807) is 22.3 Å². The Morgan fingerprint density at radius 3 is 1.89 bits per heavy atom. The van der Waals surface area contributed by atoms with E-state index < -0.39 is 17.4 Å². The Kier molecular flexibility index (Phi) is 10.3. The molecule has 46 heavy (non-hydrogen) atoms. The molecule has 0 fully saturated rings. The third kappa shape index (κ3) is 6.07. The molecule has 4 aromatic carbocycles. The number of allylic oxidation sites excluding steroid dienone is 2. The van der Waals surface area contributed by atoms with Crippen LogP contribution in [0.1, 0.15) is 87.7 Å². The molecule has 0 N–H and O–H groups in total. The Hall–Kier alpha value is -1.96. The average molecular weight is 747 g/mol. The van der Waals surface area contributed by atoms with Crippen molar-refractivity contribution < 1.29 is 17.4 Å². The van der Waals surface area contributed by atoms with Crippen molar-refractivity contribution in [2.45, 2.75) is 77.3 Å². The van der Waals surface area contributed by atoms with Gasteiger partial charge in [0.05, 0.1) is 0 Å². The van der Waals surface area contributed by atoms with Gasteiger partial charge in [0.15, 0.2) is 0 Å². The summed E-state index contributed by atoms with van der Waals surface area (Å²) < 4.78 is 6.58. The van der Waals surface area contributed by atoms with Crippen LogP contribution in [-0.2, 0) is 22.8 Å². The van der Waals surface area contributed by atoms with Crippen LogP contribution >= 0.6 is 24.8 Å². The summed E-state index contributed by atoms with van der Waals surface area (Å²) in [6.07, 6.45) is 5.17. The van der Waals surface area contributed by atoms with Gasteiger partial charge in [-0.1, -0.05) is 0 Å². The van der Waals surface area contributed by atoms with Crippen LogP contribution in [-0.4, -0.2) is 6.88 Å². The molecule has 0 nitrogen and oxygen atoms in total. The molecule has 0 spiro atoms. The molecule has 0 aliphatic heterocycles. The molecule has 4 heteroatoms. The predicted octanol–water partition coefficient (Wildman–Crippen LogP) is 12.4. The normalized spacial score (nSPS) is 17.5. The summed E-state index contributed by atoms with van der Waals surface area (Å²) in [7, 11) is 0. The molecule has 0 saturated heterocycles. The minimum atomic E-state index is -3.68. The molecule has 0 radical (unpaired) electrons. The van der Waals surface area contributed by atoms with E-state index >= 15 is 0 Å². The van der Waals surface area contributed by atoms with E-state index in [4.69, 9.17) is 0 Å². The van der Waals surface area contributed by atoms with Crippen LogP contribution in [0.2, 0.25) is 9.26 Å². The maximum absolute atomic E-state index is 3.68. The number of hydrogen-bond donors (Lipinski definition) is 0. The fourth-order valence-electron chi connectivity index (χ4n) is 8.71. The Morgan fingerprint density at radius 2 is 1.28 bits per heavy atom. The number of halogens is 2. The van der Waals surface area contributed by atoms with Gasteiger partial charge in [0.2, 0.25) is 0 Å². The van der Waals surface area contributed by atoms with E-state index in [0.717, 1.165) is 0 Å². The van der Waals surface area contributed by atoms with Crippen molar-refractivity contribution >= 4 is 43.8 Å². The second-order valence-electron chi connectivity index (χ2n) is 16.2. The van der Waals surface area contributed by atoms with Crippen LogP contribution in [0.15, 0.2) is 90.0 Å². The second kappa shape index (κ2) is 12.8. The molecule has 0 heterocycles. The second-order valence-corrected chi connectivity index (χ2v) is 46.7. The molecule has 0 bridgehead atoms. The van der Waals surface area contributed by atoms with Gasteiger partial charge in [-0.15, -0.1) is 24.8 Å². The summed E-state index contributed by atoms with van der Waals surface area (Å²) in [6, 6.07) is 30.2. The Labute approximate surface area is 293 Å². The summed E-state index contributed by atoms with van der Waals surface area (Å²) >= 11 is -3.68. The minimum absolute atomic E-state index is 0. The third-order valence-electron chi connectivity index (χ3n) is 10.8. The van der Waals surface area contributed by atoms with Crippen molar-refractivity contribution in [3.05, 3.63) is 129 Å². The van der Waals surface area contributed by atoms with E-state index in [9.17, 15) is 0 Å². The standard InChI is InChI=1S/C22H25.C18H17.2CH3.2ClH.H2Si.Zr/c1-15(2)18-13-17-7-6-8-20(21(17)14-18)16-9-11-19(12-10-16)22(3,4)5;1-12-10-17-14(3)8-9-16(18(17)11-12)15-7-5-4-6-13(15)2;;;;;;/h6-15H,1-5H3;4-11H,1-3H3;2*1H3;2*1H;1H2;. The van der Waals surface area contributed by atoms with Crippen molar-refractivity contribution in [2.24, 2.45) is 5.92 Å². The summed E-state index contributed by atoms with van der Waals surface area (Å²) in [5.41, 5.74) is 19.2. The van der Waals surface area contributed by atoms with Gasteiger partial charge in [-0.25, -0.2) is 0 Å². The third-order valence-corrected chi connectivity index (χ3v) is 28.3. The van der Waals surface area contributed by atoms with Gasteiger partial charge in [0.1, 0.15) is 0 Å². The Bertz CT molecular complexity index is 1930. The van der Waals surface area contributed by atoms with Crippen LogP contribution < -0.4 is 0 Å². The van der Waals surface area contributed by atoms with E-state index in [2.05, 4.69) is 163 Å². The first kappa shape index (κ1) is 36.9. The molecule has 242 valence electrons. The Balaban J connectivity index is 0.00000240. The average Bonchev–Trinajstić information content (AvgIpc) is 3.54.